The number of hydrogen-bond acceptors (Lipinski definition) is 4. The molecule has 2 atom stereocenters. The number of piperazine rings is 1. The zero-order valence-electron chi connectivity index (χ0n) is 22.9. The zero-order chi connectivity index (χ0) is 29.2. The van der Waals surface area contributed by atoms with Crippen molar-refractivity contribution >= 4 is 5.91 Å². The Balaban J connectivity index is 1.59. The fourth-order valence-electron chi connectivity index (χ4n) is 5.39. The molecule has 0 bridgehead atoms. The summed E-state index contributed by atoms with van der Waals surface area (Å²) in [6, 6.07) is 6.61. The molecule has 0 spiro atoms. The minimum Gasteiger partial charge on any atom is -0.376 e. The maximum Gasteiger partial charge on any atom is 0.416 e. The number of rotatable bonds is 6. The van der Waals surface area contributed by atoms with Crippen LogP contribution in [0.3, 0.4) is 0 Å². The van der Waals surface area contributed by atoms with Crippen molar-refractivity contribution in [2.24, 2.45) is 0 Å². The number of ether oxygens (including phenoxy) is 1. The normalized spacial score (nSPS) is 21.6. The molecule has 2 aliphatic rings. The second-order valence-corrected chi connectivity index (χ2v) is 10.9. The van der Waals surface area contributed by atoms with Crippen molar-refractivity contribution in [2.75, 3.05) is 52.4 Å². The molecule has 220 valence electrons. The monoisotopic (exact) mass is 571 g/mol. The van der Waals surface area contributed by atoms with Crippen LogP contribution in [0.5, 0.6) is 0 Å². The van der Waals surface area contributed by atoms with E-state index in [1.54, 1.807) is 0 Å². The summed E-state index contributed by atoms with van der Waals surface area (Å²) in [6.07, 6.45) is -9.46. The molecule has 0 N–H and O–H groups in total. The summed E-state index contributed by atoms with van der Waals surface area (Å²) in [5.74, 6) is -0.827. The number of morpholine rings is 1. The van der Waals surface area contributed by atoms with E-state index in [0.717, 1.165) is 42.9 Å². The second-order valence-electron chi connectivity index (χ2n) is 10.9. The lowest BCUT2D eigenvalue weighted by Gasteiger charge is -2.42. The summed E-state index contributed by atoms with van der Waals surface area (Å²) in [5.41, 5.74) is -0.468. The van der Waals surface area contributed by atoms with E-state index in [4.69, 9.17) is 4.74 Å². The van der Waals surface area contributed by atoms with Crippen molar-refractivity contribution in [3.63, 3.8) is 0 Å². The molecule has 40 heavy (non-hydrogen) atoms. The third-order valence-corrected chi connectivity index (χ3v) is 7.76. The lowest BCUT2D eigenvalue weighted by atomic mass is 9.97. The molecule has 2 heterocycles. The van der Waals surface area contributed by atoms with Crippen LogP contribution in [-0.2, 0) is 23.5 Å². The Morgan fingerprint density at radius 1 is 0.850 bits per heavy atom. The number of carbonyl (C=O) groups is 1. The van der Waals surface area contributed by atoms with Crippen molar-refractivity contribution in [3.05, 3.63) is 69.8 Å². The molecular weight excluding hydrogens is 536 g/mol. The largest absolute Gasteiger partial charge is 0.416 e. The van der Waals surface area contributed by atoms with Crippen LogP contribution in [0.1, 0.15) is 45.1 Å². The molecule has 11 heteroatoms. The minimum absolute atomic E-state index is 0.0494. The molecule has 2 aromatic rings. The maximum absolute atomic E-state index is 13.6. The molecule has 0 saturated carbocycles. The van der Waals surface area contributed by atoms with Crippen LogP contribution in [0.2, 0.25) is 0 Å². The lowest BCUT2D eigenvalue weighted by Crippen LogP contribution is -2.57. The number of hydrogen-bond donors (Lipinski definition) is 0. The standard InChI is InChI=1S/C29H35F6N3O2/c1-19-4-5-22(12-20(19)2)13-26-18-36(6-7-37-10-11-40-21(3)17-37)8-9-38(26)27(39)23-14-24(28(30,31)32)16-25(15-23)29(33,34)35/h4-5,12,14-16,21,26H,6-11,13,17-18H2,1-3H3/t21-,26+/m0/s1. The highest BCUT2D eigenvalue weighted by molar-refractivity contribution is 5.95. The van der Waals surface area contributed by atoms with Crippen LogP contribution in [0.4, 0.5) is 26.3 Å². The number of alkyl halides is 6. The Morgan fingerprint density at radius 2 is 1.48 bits per heavy atom. The highest BCUT2D eigenvalue weighted by atomic mass is 19.4. The number of benzene rings is 2. The summed E-state index contributed by atoms with van der Waals surface area (Å²) >= 11 is 0. The number of amides is 1. The Morgan fingerprint density at radius 3 is 2.05 bits per heavy atom. The quantitative estimate of drug-likeness (QED) is 0.434. The van der Waals surface area contributed by atoms with Gasteiger partial charge >= 0.3 is 12.4 Å². The van der Waals surface area contributed by atoms with Gasteiger partial charge in [-0.1, -0.05) is 18.2 Å². The van der Waals surface area contributed by atoms with Crippen molar-refractivity contribution < 1.29 is 35.9 Å². The predicted molar refractivity (Wildman–Crippen MR) is 139 cm³/mol. The molecule has 0 aromatic heterocycles. The van der Waals surface area contributed by atoms with Crippen molar-refractivity contribution in [1.82, 2.24) is 14.7 Å². The lowest BCUT2D eigenvalue weighted by molar-refractivity contribution is -0.143. The van der Waals surface area contributed by atoms with Crippen LogP contribution in [-0.4, -0.2) is 85.2 Å². The summed E-state index contributed by atoms with van der Waals surface area (Å²) in [5, 5.41) is 0. The zero-order valence-corrected chi connectivity index (χ0v) is 22.9. The van der Waals surface area contributed by atoms with Gasteiger partial charge in [-0.25, -0.2) is 0 Å². The third kappa shape index (κ3) is 7.55. The van der Waals surface area contributed by atoms with Crippen molar-refractivity contribution in [3.8, 4) is 0 Å². The van der Waals surface area contributed by atoms with Crippen LogP contribution < -0.4 is 0 Å². The molecule has 0 radical (unpaired) electrons. The van der Waals surface area contributed by atoms with Gasteiger partial charge in [0.25, 0.3) is 5.91 Å². The molecule has 2 fully saturated rings. The first-order chi connectivity index (χ1) is 18.7. The third-order valence-electron chi connectivity index (χ3n) is 7.76. The smallest absolute Gasteiger partial charge is 0.376 e. The molecule has 0 aliphatic carbocycles. The van der Waals surface area contributed by atoms with E-state index in [-0.39, 0.29) is 18.7 Å². The van der Waals surface area contributed by atoms with E-state index in [1.165, 1.54) is 4.90 Å². The van der Waals surface area contributed by atoms with Gasteiger partial charge in [-0.2, -0.15) is 26.3 Å². The first-order valence-electron chi connectivity index (χ1n) is 13.4. The first-order valence-corrected chi connectivity index (χ1v) is 13.4. The summed E-state index contributed by atoms with van der Waals surface area (Å²) in [6.45, 7) is 11.0. The fraction of sp³-hybridized carbons (Fsp3) is 0.552. The molecule has 2 saturated heterocycles. The minimum atomic E-state index is -5.02. The molecule has 2 aromatic carbocycles. The molecule has 4 rings (SSSR count). The van der Waals surface area contributed by atoms with Crippen LogP contribution in [0, 0.1) is 13.8 Å². The Bertz CT molecular complexity index is 1170. The van der Waals surface area contributed by atoms with Gasteiger partial charge in [-0.3, -0.25) is 14.6 Å². The van der Waals surface area contributed by atoms with E-state index >= 15 is 0 Å². The first kappa shape index (κ1) is 30.3. The molecule has 2 aliphatic heterocycles. The van der Waals surface area contributed by atoms with Crippen LogP contribution in [0.25, 0.3) is 0 Å². The predicted octanol–water partition coefficient (Wildman–Crippen LogP) is 5.43. The van der Waals surface area contributed by atoms with E-state index < -0.39 is 41.0 Å². The number of halogens is 6. The average Bonchev–Trinajstić information content (AvgIpc) is 2.88. The van der Waals surface area contributed by atoms with Crippen molar-refractivity contribution in [1.29, 1.82) is 0 Å². The highest BCUT2D eigenvalue weighted by Crippen LogP contribution is 2.37. The molecular formula is C29H35F6N3O2. The van der Waals surface area contributed by atoms with Gasteiger partial charge in [-0.15, -0.1) is 0 Å². The van der Waals surface area contributed by atoms with Crippen LogP contribution >= 0.6 is 0 Å². The summed E-state index contributed by atoms with van der Waals surface area (Å²) in [7, 11) is 0. The van der Waals surface area contributed by atoms with E-state index in [0.29, 0.717) is 38.2 Å². The summed E-state index contributed by atoms with van der Waals surface area (Å²) < 4.78 is 86.5. The number of nitrogens with zero attached hydrogens (tertiary/aromatic N) is 3. The van der Waals surface area contributed by atoms with Gasteiger partial charge in [0.05, 0.1) is 23.8 Å². The van der Waals surface area contributed by atoms with Gasteiger partial charge in [0.2, 0.25) is 0 Å². The van der Waals surface area contributed by atoms with Crippen molar-refractivity contribution in [2.45, 2.75) is 51.7 Å². The van der Waals surface area contributed by atoms with Gasteiger partial charge in [0, 0.05) is 57.4 Å². The van der Waals surface area contributed by atoms with E-state index in [2.05, 4.69) is 9.80 Å². The molecule has 1 amide bonds. The average molecular weight is 572 g/mol. The Kier molecular flexibility index (Phi) is 9.16. The van der Waals surface area contributed by atoms with Gasteiger partial charge < -0.3 is 9.64 Å². The SMILES string of the molecule is Cc1ccc(C[C@@H]2CN(CCN3CCO[C@@H](C)C3)CCN2C(=O)c2cc(C(F)(F)F)cc(C(F)(F)F)c2)cc1C. The fourth-order valence-corrected chi connectivity index (χ4v) is 5.39. The second kappa shape index (κ2) is 12.1. The number of aryl methyl sites for hydroxylation is 2. The Hall–Kier alpha value is -2.63. The van der Waals surface area contributed by atoms with Gasteiger partial charge in [-0.05, 0) is 62.1 Å². The van der Waals surface area contributed by atoms with Crippen LogP contribution in [0.15, 0.2) is 36.4 Å². The van der Waals surface area contributed by atoms with Gasteiger partial charge in [0.15, 0.2) is 0 Å². The summed E-state index contributed by atoms with van der Waals surface area (Å²) in [4.78, 5) is 19.5. The van der Waals surface area contributed by atoms with Gasteiger partial charge in [0.1, 0.15) is 0 Å². The molecule has 0 unspecified atom stereocenters. The number of carbonyl (C=O) groups excluding carboxylic acids is 1. The molecule has 5 nitrogen and oxygen atoms in total. The highest BCUT2D eigenvalue weighted by Gasteiger charge is 2.39. The van der Waals surface area contributed by atoms with E-state index in [1.807, 2.05) is 39.0 Å². The topological polar surface area (TPSA) is 36.0 Å². The maximum atomic E-state index is 13.6. The Labute approximate surface area is 230 Å². The van der Waals surface area contributed by atoms with E-state index in [9.17, 15) is 31.1 Å².